The van der Waals surface area contributed by atoms with E-state index in [2.05, 4.69) is 46.5 Å². The summed E-state index contributed by atoms with van der Waals surface area (Å²) in [7, 11) is 0. The molecule has 0 bridgehead atoms. The van der Waals surface area contributed by atoms with Crippen LogP contribution >= 0.6 is 0 Å². The quantitative estimate of drug-likeness (QED) is 0.625. The first kappa shape index (κ1) is 16.7. The number of imidazole rings is 1. The van der Waals surface area contributed by atoms with Gasteiger partial charge in [0.25, 0.3) is 5.82 Å². The van der Waals surface area contributed by atoms with Crippen molar-refractivity contribution in [2.45, 2.75) is 32.9 Å². The molecule has 1 aliphatic rings. The van der Waals surface area contributed by atoms with Crippen molar-refractivity contribution in [1.29, 1.82) is 0 Å². The van der Waals surface area contributed by atoms with E-state index in [1.54, 1.807) is 6.07 Å². The Morgan fingerprint density at radius 1 is 1.08 bits per heavy atom. The molecule has 2 heterocycles. The lowest BCUT2D eigenvalue weighted by Gasteiger charge is -2.01. The number of aryl methyl sites for hydroxylation is 1. The van der Waals surface area contributed by atoms with Gasteiger partial charge in [0.2, 0.25) is 0 Å². The fourth-order valence-corrected chi connectivity index (χ4v) is 3.41. The molecule has 0 spiro atoms. The first-order chi connectivity index (χ1) is 11.2. The van der Waals surface area contributed by atoms with Crippen LogP contribution in [-0.2, 0) is 19.5 Å². The average molecular weight is 343 g/mol. The monoisotopic (exact) mass is 342 g/mol. The predicted octanol–water partition coefficient (Wildman–Crippen LogP) is 0.889. The third kappa shape index (κ3) is 2.96. The molecule has 24 heavy (non-hydrogen) atoms. The van der Waals surface area contributed by atoms with Crippen molar-refractivity contribution >= 4 is 0 Å². The number of hydrogen-bond donors (Lipinski definition) is 0. The highest BCUT2D eigenvalue weighted by molar-refractivity contribution is 5.59. The van der Waals surface area contributed by atoms with Crippen LogP contribution in [0.25, 0.3) is 11.3 Å². The van der Waals surface area contributed by atoms with Crippen LogP contribution < -0.4 is 17.0 Å². The van der Waals surface area contributed by atoms with Gasteiger partial charge in [-0.3, -0.25) is 0 Å². The molecule has 0 aliphatic carbocycles. The lowest BCUT2D eigenvalue weighted by Crippen LogP contribution is -3.00. The standard InChI is InChI=1S/C20H20FN2.ClH/c1-15-8-10-16(11-9-15)19-14-22(20-7-4-12-23(19)20)13-17-5-2-3-6-18(17)21;/h2-3,5-6,8-11,14H,4,7,12-13H2,1H3;1H/q+1;/p-1. The van der Waals surface area contributed by atoms with Crippen LogP contribution in [0, 0.1) is 12.7 Å². The lowest BCUT2D eigenvalue weighted by molar-refractivity contribution is -0.694. The maximum atomic E-state index is 14.0. The van der Waals surface area contributed by atoms with Crippen molar-refractivity contribution in [3.8, 4) is 11.3 Å². The van der Waals surface area contributed by atoms with E-state index < -0.39 is 0 Å². The summed E-state index contributed by atoms with van der Waals surface area (Å²) in [4.78, 5) is 0. The number of hydrogen-bond acceptors (Lipinski definition) is 0. The van der Waals surface area contributed by atoms with Gasteiger partial charge in [0, 0.05) is 11.1 Å². The minimum Gasteiger partial charge on any atom is -1.00 e. The summed E-state index contributed by atoms with van der Waals surface area (Å²) in [6, 6.07) is 15.7. The molecule has 0 amide bonds. The Morgan fingerprint density at radius 3 is 2.58 bits per heavy atom. The van der Waals surface area contributed by atoms with E-state index in [9.17, 15) is 4.39 Å². The highest BCUT2D eigenvalue weighted by atomic mass is 35.5. The van der Waals surface area contributed by atoms with Crippen LogP contribution in [0.5, 0.6) is 0 Å². The number of fused-ring (bicyclic) bond motifs is 1. The lowest BCUT2D eigenvalue weighted by atomic mass is 10.1. The molecule has 0 N–H and O–H groups in total. The van der Waals surface area contributed by atoms with Gasteiger partial charge in [0.15, 0.2) is 5.69 Å². The van der Waals surface area contributed by atoms with Crippen molar-refractivity contribution in [2.24, 2.45) is 0 Å². The molecule has 1 aromatic heterocycles. The average Bonchev–Trinajstić information content (AvgIpc) is 3.14. The van der Waals surface area contributed by atoms with E-state index in [0.717, 1.165) is 24.9 Å². The number of rotatable bonds is 3. The van der Waals surface area contributed by atoms with Crippen LogP contribution in [0.4, 0.5) is 4.39 Å². The summed E-state index contributed by atoms with van der Waals surface area (Å²) in [6.45, 7) is 3.74. The van der Waals surface area contributed by atoms with Crippen LogP contribution in [-0.4, -0.2) is 4.57 Å². The molecule has 0 unspecified atom stereocenters. The van der Waals surface area contributed by atoms with E-state index in [4.69, 9.17) is 0 Å². The smallest absolute Gasteiger partial charge is 0.257 e. The van der Waals surface area contributed by atoms with Gasteiger partial charge < -0.3 is 12.4 Å². The highest BCUT2D eigenvalue weighted by Gasteiger charge is 2.28. The zero-order valence-electron chi connectivity index (χ0n) is 13.7. The first-order valence-corrected chi connectivity index (χ1v) is 8.14. The molecule has 0 atom stereocenters. The van der Waals surface area contributed by atoms with E-state index in [1.165, 1.54) is 28.7 Å². The second kappa shape index (κ2) is 6.78. The van der Waals surface area contributed by atoms with Gasteiger partial charge in [-0.15, -0.1) is 0 Å². The van der Waals surface area contributed by atoms with Crippen molar-refractivity contribution in [3.05, 3.63) is 77.5 Å². The Labute approximate surface area is 148 Å². The molecule has 0 saturated carbocycles. The zero-order valence-corrected chi connectivity index (χ0v) is 14.4. The number of halogens is 2. The number of benzene rings is 2. The Morgan fingerprint density at radius 2 is 1.83 bits per heavy atom. The SMILES string of the molecule is Cc1ccc(-c2c[n+](Cc3ccccc3F)c3n2CCC3)cc1.[Cl-]. The van der Waals surface area contributed by atoms with Gasteiger partial charge in [0.05, 0.1) is 13.0 Å². The van der Waals surface area contributed by atoms with Gasteiger partial charge in [-0.1, -0.05) is 48.0 Å². The summed E-state index contributed by atoms with van der Waals surface area (Å²) in [5.41, 5.74) is 4.47. The molecule has 4 heteroatoms. The van der Waals surface area contributed by atoms with Gasteiger partial charge in [0.1, 0.15) is 18.6 Å². The maximum Gasteiger partial charge on any atom is 0.257 e. The molecular weight excluding hydrogens is 323 g/mol. The zero-order chi connectivity index (χ0) is 15.8. The number of aromatic nitrogens is 2. The van der Waals surface area contributed by atoms with Gasteiger partial charge in [-0.05, 0) is 19.4 Å². The fraction of sp³-hybridized carbons (Fsp3) is 0.250. The van der Waals surface area contributed by atoms with Crippen molar-refractivity contribution in [2.75, 3.05) is 0 Å². The van der Waals surface area contributed by atoms with E-state index in [0.29, 0.717) is 6.54 Å². The second-order valence-electron chi connectivity index (χ2n) is 6.27. The minimum absolute atomic E-state index is 0. The second-order valence-corrected chi connectivity index (χ2v) is 6.27. The largest absolute Gasteiger partial charge is 1.00 e. The summed E-state index contributed by atoms with van der Waals surface area (Å²) in [6.07, 6.45) is 4.39. The normalized spacial score (nSPS) is 12.8. The summed E-state index contributed by atoms with van der Waals surface area (Å²) in [5.74, 6) is 1.17. The van der Waals surface area contributed by atoms with Crippen LogP contribution in [0.3, 0.4) is 0 Å². The minimum atomic E-state index is -0.130. The third-order valence-electron chi connectivity index (χ3n) is 4.64. The van der Waals surface area contributed by atoms with Crippen LogP contribution in [0.15, 0.2) is 54.7 Å². The topological polar surface area (TPSA) is 8.81 Å². The highest BCUT2D eigenvalue weighted by Crippen LogP contribution is 2.25. The third-order valence-corrected chi connectivity index (χ3v) is 4.64. The molecule has 0 fully saturated rings. The van der Waals surface area contributed by atoms with Gasteiger partial charge in [-0.2, -0.15) is 0 Å². The Hall–Kier alpha value is -2.13. The Bertz CT molecular complexity index is 853. The molecule has 2 aromatic carbocycles. The molecule has 1 aliphatic heterocycles. The molecular formula is C20H20ClFN2. The Balaban J connectivity index is 0.00000169. The maximum absolute atomic E-state index is 14.0. The van der Waals surface area contributed by atoms with Gasteiger partial charge in [-0.25, -0.2) is 13.5 Å². The van der Waals surface area contributed by atoms with Crippen molar-refractivity contribution in [3.63, 3.8) is 0 Å². The molecule has 4 rings (SSSR count). The van der Waals surface area contributed by atoms with E-state index in [1.807, 2.05) is 12.1 Å². The molecule has 0 saturated heterocycles. The fourth-order valence-electron chi connectivity index (χ4n) is 3.41. The molecule has 3 aromatic rings. The van der Waals surface area contributed by atoms with Crippen LogP contribution in [0.1, 0.15) is 23.4 Å². The van der Waals surface area contributed by atoms with Crippen LogP contribution in [0.2, 0.25) is 0 Å². The van der Waals surface area contributed by atoms with Gasteiger partial charge >= 0.3 is 0 Å². The summed E-state index contributed by atoms with van der Waals surface area (Å²) in [5, 5.41) is 0. The summed E-state index contributed by atoms with van der Waals surface area (Å²) < 4.78 is 18.6. The van der Waals surface area contributed by atoms with Crippen molar-refractivity contribution < 1.29 is 21.4 Å². The van der Waals surface area contributed by atoms with Crippen molar-refractivity contribution in [1.82, 2.24) is 4.57 Å². The van der Waals surface area contributed by atoms with E-state index in [-0.39, 0.29) is 18.2 Å². The molecule has 0 radical (unpaired) electrons. The first-order valence-electron chi connectivity index (χ1n) is 8.14. The number of nitrogens with zero attached hydrogens (tertiary/aromatic N) is 2. The molecule has 124 valence electrons. The summed E-state index contributed by atoms with van der Waals surface area (Å²) >= 11 is 0. The predicted molar refractivity (Wildman–Crippen MR) is 88.6 cm³/mol. The Kier molecular flexibility index (Phi) is 4.72. The van der Waals surface area contributed by atoms with E-state index >= 15 is 0 Å². The molecule has 2 nitrogen and oxygen atoms in total.